The summed E-state index contributed by atoms with van der Waals surface area (Å²) in [4.78, 5) is 0. The van der Waals surface area contributed by atoms with E-state index in [1.807, 2.05) is 0 Å². The summed E-state index contributed by atoms with van der Waals surface area (Å²) in [6.07, 6.45) is 7.35. The van der Waals surface area contributed by atoms with Crippen molar-refractivity contribution in [2.75, 3.05) is 0 Å². The molecule has 0 aromatic carbocycles. The summed E-state index contributed by atoms with van der Waals surface area (Å²) >= 11 is 0. The zero-order valence-electron chi connectivity index (χ0n) is 6.97. The van der Waals surface area contributed by atoms with E-state index < -0.39 is 0 Å². The number of hydrogen-bond donors (Lipinski definition) is 2. The first-order chi connectivity index (χ1) is 4.77. The van der Waals surface area contributed by atoms with E-state index in [1.165, 1.54) is 32.1 Å². The molecule has 0 radical (unpaired) electrons. The van der Waals surface area contributed by atoms with Crippen LogP contribution in [0, 0.1) is 0 Å². The normalized spacial score (nSPS) is 10.8. The molecule has 0 amide bonds. The quantitative estimate of drug-likeness (QED) is 0.439. The topological polar surface area (TPSA) is 52.0 Å². The van der Waals surface area contributed by atoms with Crippen molar-refractivity contribution in [2.24, 2.45) is 11.5 Å². The second kappa shape index (κ2) is 7.03. The maximum absolute atomic E-state index is 5.38. The predicted molar refractivity (Wildman–Crippen MR) is 45.5 cm³/mol. The van der Waals surface area contributed by atoms with Gasteiger partial charge in [-0.05, 0) is 6.42 Å². The van der Waals surface area contributed by atoms with E-state index in [-0.39, 0.29) is 6.17 Å². The van der Waals surface area contributed by atoms with Crippen molar-refractivity contribution in [3.63, 3.8) is 0 Å². The van der Waals surface area contributed by atoms with E-state index >= 15 is 0 Å². The SMILES string of the molecule is CCCCCCCC(N)N. The summed E-state index contributed by atoms with van der Waals surface area (Å²) in [6, 6.07) is 0. The Hall–Kier alpha value is -0.0800. The Labute approximate surface area is 64.0 Å². The molecule has 2 nitrogen and oxygen atoms in total. The van der Waals surface area contributed by atoms with Crippen LogP contribution in [0.2, 0.25) is 0 Å². The molecule has 0 aliphatic rings. The monoisotopic (exact) mass is 144 g/mol. The number of unbranched alkanes of at least 4 members (excludes halogenated alkanes) is 4. The molecule has 0 aliphatic heterocycles. The third-order valence-corrected chi connectivity index (χ3v) is 1.64. The van der Waals surface area contributed by atoms with Gasteiger partial charge in [0.25, 0.3) is 0 Å². The van der Waals surface area contributed by atoms with E-state index in [9.17, 15) is 0 Å². The average molecular weight is 144 g/mol. The van der Waals surface area contributed by atoms with Gasteiger partial charge in [-0.25, -0.2) is 0 Å². The smallest absolute Gasteiger partial charge is 0.0520 e. The molecule has 0 heterocycles. The van der Waals surface area contributed by atoms with Crippen LogP contribution in [-0.2, 0) is 0 Å². The van der Waals surface area contributed by atoms with Gasteiger partial charge in [-0.15, -0.1) is 0 Å². The molecule has 10 heavy (non-hydrogen) atoms. The van der Waals surface area contributed by atoms with Crippen molar-refractivity contribution < 1.29 is 0 Å². The molecule has 0 rings (SSSR count). The van der Waals surface area contributed by atoms with E-state index in [2.05, 4.69) is 6.92 Å². The van der Waals surface area contributed by atoms with E-state index in [0.717, 1.165) is 6.42 Å². The molecule has 0 spiro atoms. The minimum atomic E-state index is -0.0957. The van der Waals surface area contributed by atoms with Crippen LogP contribution in [-0.4, -0.2) is 6.17 Å². The molecule has 0 atom stereocenters. The second-order valence-corrected chi connectivity index (χ2v) is 2.87. The van der Waals surface area contributed by atoms with Crippen molar-refractivity contribution in [3.05, 3.63) is 0 Å². The molecule has 4 N–H and O–H groups in total. The third-order valence-electron chi connectivity index (χ3n) is 1.64. The van der Waals surface area contributed by atoms with Crippen LogP contribution < -0.4 is 11.5 Å². The first-order valence-electron chi connectivity index (χ1n) is 4.28. The Morgan fingerprint density at radius 1 is 1.00 bits per heavy atom. The highest BCUT2D eigenvalue weighted by Crippen LogP contribution is 2.04. The molecule has 62 valence electrons. The molecular weight excluding hydrogens is 124 g/mol. The van der Waals surface area contributed by atoms with Gasteiger partial charge in [-0.3, -0.25) is 0 Å². The molecular formula is C8H20N2. The fourth-order valence-corrected chi connectivity index (χ4v) is 0.984. The molecule has 0 fully saturated rings. The van der Waals surface area contributed by atoms with Crippen LogP contribution in [0.1, 0.15) is 45.4 Å². The van der Waals surface area contributed by atoms with Gasteiger partial charge in [-0.2, -0.15) is 0 Å². The molecule has 0 saturated heterocycles. The predicted octanol–water partition coefficient (Wildman–Crippen LogP) is 1.59. The number of rotatable bonds is 6. The molecule has 0 unspecified atom stereocenters. The van der Waals surface area contributed by atoms with Crippen molar-refractivity contribution in [3.8, 4) is 0 Å². The summed E-state index contributed by atoms with van der Waals surface area (Å²) in [7, 11) is 0. The summed E-state index contributed by atoms with van der Waals surface area (Å²) < 4.78 is 0. The lowest BCUT2D eigenvalue weighted by Crippen LogP contribution is -2.29. The van der Waals surface area contributed by atoms with E-state index in [4.69, 9.17) is 11.5 Å². The zero-order chi connectivity index (χ0) is 7.82. The van der Waals surface area contributed by atoms with Crippen molar-refractivity contribution >= 4 is 0 Å². The molecule has 0 aliphatic carbocycles. The summed E-state index contributed by atoms with van der Waals surface area (Å²) in [6.45, 7) is 2.22. The van der Waals surface area contributed by atoms with Gasteiger partial charge in [0.15, 0.2) is 0 Å². The average Bonchev–Trinajstić information content (AvgIpc) is 1.87. The van der Waals surface area contributed by atoms with Crippen LogP contribution >= 0.6 is 0 Å². The number of nitrogens with two attached hydrogens (primary N) is 2. The lowest BCUT2D eigenvalue weighted by atomic mass is 10.1. The highest BCUT2D eigenvalue weighted by molar-refractivity contribution is 4.51. The minimum absolute atomic E-state index is 0.0957. The Bertz CT molecular complexity index is 62.3. The fraction of sp³-hybridized carbons (Fsp3) is 1.00. The fourth-order valence-electron chi connectivity index (χ4n) is 0.984. The first kappa shape index (κ1) is 9.92. The van der Waals surface area contributed by atoms with Gasteiger partial charge in [0.2, 0.25) is 0 Å². The highest BCUT2D eigenvalue weighted by Gasteiger charge is 1.92. The largest absolute Gasteiger partial charge is 0.316 e. The lowest BCUT2D eigenvalue weighted by molar-refractivity contribution is 0.551. The molecule has 0 bridgehead atoms. The van der Waals surface area contributed by atoms with Crippen molar-refractivity contribution in [1.82, 2.24) is 0 Å². The van der Waals surface area contributed by atoms with Gasteiger partial charge in [0.1, 0.15) is 0 Å². The molecule has 0 aromatic heterocycles. The van der Waals surface area contributed by atoms with Crippen LogP contribution in [0.25, 0.3) is 0 Å². The Morgan fingerprint density at radius 2 is 1.60 bits per heavy atom. The Balaban J connectivity index is 2.77. The van der Waals surface area contributed by atoms with Gasteiger partial charge in [-0.1, -0.05) is 39.0 Å². The van der Waals surface area contributed by atoms with E-state index in [1.54, 1.807) is 0 Å². The second-order valence-electron chi connectivity index (χ2n) is 2.87. The first-order valence-corrected chi connectivity index (χ1v) is 4.28. The Morgan fingerprint density at radius 3 is 2.10 bits per heavy atom. The van der Waals surface area contributed by atoms with Gasteiger partial charge >= 0.3 is 0 Å². The van der Waals surface area contributed by atoms with Gasteiger partial charge in [0.05, 0.1) is 6.17 Å². The zero-order valence-corrected chi connectivity index (χ0v) is 6.97. The highest BCUT2D eigenvalue weighted by atomic mass is 14.8. The van der Waals surface area contributed by atoms with Crippen LogP contribution in [0.3, 0.4) is 0 Å². The summed E-state index contributed by atoms with van der Waals surface area (Å²) in [5.41, 5.74) is 10.8. The molecule has 2 heteroatoms. The maximum Gasteiger partial charge on any atom is 0.0520 e. The summed E-state index contributed by atoms with van der Waals surface area (Å²) in [5.74, 6) is 0. The van der Waals surface area contributed by atoms with E-state index in [0.29, 0.717) is 0 Å². The molecule has 0 saturated carbocycles. The minimum Gasteiger partial charge on any atom is -0.316 e. The number of hydrogen-bond acceptors (Lipinski definition) is 2. The van der Waals surface area contributed by atoms with Crippen LogP contribution in [0.5, 0.6) is 0 Å². The third kappa shape index (κ3) is 7.92. The van der Waals surface area contributed by atoms with Crippen molar-refractivity contribution in [2.45, 2.75) is 51.6 Å². The van der Waals surface area contributed by atoms with Crippen LogP contribution in [0.4, 0.5) is 0 Å². The Kier molecular flexibility index (Phi) is 6.98. The van der Waals surface area contributed by atoms with Gasteiger partial charge < -0.3 is 11.5 Å². The van der Waals surface area contributed by atoms with Gasteiger partial charge in [0, 0.05) is 0 Å². The van der Waals surface area contributed by atoms with Crippen LogP contribution in [0.15, 0.2) is 0 Å². The molecule has 0 aromatic rings. The standard InChI is InChI=1S/C8H20N2/c1-2-3-4-5-6-7-8(9)10/h8H,2-7,9-10H2,1H3. The van der Waals surface area contributed by atoms with Crippen molar-refractivity contribution in [1.29, 1.82) is 0 Å². The lowest BCUT2D eigenvalue weighted by Gasteiger charge is -2.03. The maximum atomic E-state index is 5.38. The summed E-state index contributed by atoms with van der Waals surface area (Å²) in [5, 5.41) is 0.